The summed E-state index contributed by atoms with van der Waals surface area (Å²) in [5, 5.41) is 8.43. The number of epoxide rings is 1. The molecule has 11 nitrogen and oxygen atoms in total. The average Bonchev–Trinajstić information content (AvgIpc) is 3.51. The maximum atomic E-state index is 13.7. The van der Waals surface area contributed by atoms with E-state index in [0.717, 1.165) is 36.8 Å². The molecule has 42 heavy (non-hydrogen) atoms. The number of aromatic nitrogens is 2. The minimum atomic E-state index is -0.981. The van der Waals surface area contributed by atoms with Gasteiger partial charge >= 0.3 is 0 Å². The number of Topliss-reactive ketones (excluding diaryl/α,β-unsaturated/α-hetero) is 1. The first-order valence-electron chi connectivity index (χ1n) is 14.4. The lowest BCUT2D eigenvalue weighted by atomic mass is 9.94. The van der Waals surface area contributed by atoms with E-state index in [1.807, 2.05) is 12.1 Å². The Bertz CT molecular complexity index is 1430. The van der Waals surface area contributed by atoms with Crippen LogP contribution in [0.5, 0.6) is 5.75 Å². The fraction of sp³-hybridized carbons (Fsp3) is 0.452. The molecule has 0 spiro atoms. The van der Waals surface area contributed by atoms with Crippen molar-refractivity contribution >= 4 is 34.5 Å². The number of imidazole rings is 1. The van der Waals surface area contributed by atoms with Gasteiger partial charge in [0.2, 0.25) is 11.8 Å². The molecule has 2 aromatic carbocycles. The van der Waals surface area contributed by atoms with Gasteiger partial charge in [0.05, 0.1) is 37.1 Å². The number of hydrogen-bond donors (Lipinski definition) is 4. The molecule has 3 aromatic rings. The molecule has 5 rings (SSSR count). The van der Waals surface area contributed by atoms with E-state index >= 15 is 0 Å². The smallest absolute Gasteiger partial charge is 0.251 e. The molecule has 0 unspecified atom stereocenters. The number of ether oxygens (including phenoxy) is 2. The maximum absolute atomic E-state index is 13.7. The van der Waals surface area contributed by atoms with Gasteiger partial charge in [-0.3, -0.25) is 19.2 Å². The number of carbonyl (C=O) groups is 4. The van der Waals surface area contributed by atoms with Crippen LogP contribution in [0.25, 0.3) is 11.0 Å². The van der Waals surface area contributed by atoms with Crippen LogP contribution in [0.15, 0.2) is 48.8 Å². The minimum absolute atomic E-state index is 0.125. The normalized spacial score (nSPS) is 18.6. The van der Waals surface area contributed by atoms with Gasteiger partial charge in [-0.15, -0.1) is 0 Å². The van der Waals surface area contributed by atoms with E-state index in [1.54, 1.807) is 50.7 Å². The van der Waals surface area contributed by atoms with Gasteiger partial charge in [-0.1, -0.05) is 37.8 Å². The number of carbonyl (C=O) groups excluding carboxylic acids is 4. The molecule has 1 aliphatic heterocycles. The van der Waals surface area contributed by atoms with E-state index in [2.05, 4.69) is 25.9 Å². The van der Waals surface area contributed by atoms with Crippen LogP contribution >= 0.6 is 0 Å². The maximum Gasteiger partial charge on any atom is 0.251 e. The first-order chi connectivity index (χ1) is 20.3. The fourth-order valence-corrected chi connectivity index (χ4v) is 5.46. The molecule has 0 bridgehead atoms. The summed E-state index contributed by atoms with van der Waals surface area (Å²) < 4.78 is 10.5. The van der Waals surface area contributed by atoms with Gasteiger partial charge in [0, 0.05) is 12.0 Å². The topological polar surface area (TPSA) is 155 Å². The van der Waals surface area contributed by atoms with E-state index in [4.69, 9.17) is 9.47 Å². The fourth-order valence-electron chi connectivity index (χ4n) is 5.46. The summed E-state index contributed by atoms with van der Waals surface area (Å²) in [6.45, 7) is 1.92. The first-order valence-corrected chi connectivity index (χ1v) is 14.4. The highest BCUT2D eigenvalue weighted by atomic mass is 16.6. The number of H-pyrrole nitrogens is 1. The number of aromatic amines is 1. The van der Waals surface area contributed by atoms with Gasteiger partial charge in [-0.25, -0.2) is 4.98 Å². The molecule has 2 fully saturated rings. The van der Waals surface area contributed by atoms with E-state index in [1.165, 1.54) is 0 Å². The van der Waals surface area contributed by atoms with Crippen molar-refractivity contribution in [1.82, 2.24) is 25.9 Å². The van der Waals surface area contributed by atoms with E-state index < -0.39 is 42.0 Å². The third-order valence-electron chi connectivity index (χ3n) is 8.01. The second-order valence-electron chi connectivity index (χ2n) is 11.1. The Morgan fingerprint density at radius 2 is 1.71 bits per heavy atom. The Hall–Kier alpha value is -4.25. The van der Waals surface area contributed by atoms with Gasteiger partial charge in [0.1, 0.15) is 23.9 Å². The molecule has 1 saturated heterocycles. The second kappa shape index (κ2) is 13.2. The number of benzene rings is 2. The third-order valence-corrected chi connectivity index (χ3v) is 8.01. The number of nitrogens with one attached hydrogen (secondary N) is 4. The number of amides is 3. The molecule has 3 amide bonds. The van der Waals surface area contributed by atoms with E-state index in [-0.39, 0.29) is 12.2 Å². The standard InChI is InChI=1S/C31H37N5O6/c1-18(34-30(39)21-9-12-23-24(15-21)33-17-32-23)29(38)36-26(14-20-7-10-22(41-2)11-8-20)31(40)35-25(28(37)27-16-42-27)13-19-5-3-4-6-19/h7-12,15,17-19,25-27H,3-6,13-14,16H2,1-2H3,(H,32,33)(H,34,39)(H,35,40)(H,36,38)/t18-,25+,26+,27-/m1/s1. The molecule has 1 aromatic heterocycles. The molecule has 11 heteroatoms. The van der Waals surface area contributed by atoms with Crippen molar-refractivity contribution in [2.45, 2.75) is 69.7 Å². The molecular formula is C31H37N5O6. The van der Waals surface area contributed by atoms with Gasteiger partial charge < -0.3 is 30.4 Å². The zero-order valence-corrected chi connectivity index (χ0v) is 23.9. The molecule has 0 radical (unpaired) electrons. The van der Waals surface area contributed by atoms with Crippen molar-refractivity contribution in [3.05, 3.63) is 59.9 Å². The Morgan fingerprint density at radius 3 is 2.40 bits per heavy atom. The SMILES string of the molecule is COc1ccc(C[C@H](NC(=O)[C@@H](C)NC(=O)c2ccc3nc[nH]c3c2)C(=O)N[C@@H](CC2CCCC2)C(=O)[C@H]2CO2)cc1. The number of fused-ring (bicyclic) bond motifs is 1. The number of rotatable bonds is 13. The minimum Gasteiger partial charge on any atom is -0.497 e. The largest absolute Gasteiger partial charge is 0.497 e. The predicted octanol–water partition coefficient (Wildman–Crippen LogP) is 2.45. The van der Waals surface area contributed by atoms with Crippen LogP contribution < -0.4 is 20.7 Å². The van der Waals surface area contributed by atoms with Crippen molar-refractivity contribution in [2.75, 3.05) is 13.7 Å². The highest BCUT2D eigenvalue weighted by Crippen LogP contribution is 2.30. The Labute approximate surface area is 244 Å². The van der Waals surface area contributed by atoms with Gasteiger partial charge in [0.15, 0.2) is 5.78 Å². The van der Waals surface area contributed by atoms with Crippen LogP contribution in [0.2, 0.25) is 0 Å². The highest BCUT2D eigenvalue weighted by molar-refractivity contribution is 6.00. The van der Waals surface area contributed by atoms with Gasteiger partial charge in [0.25, 0.3) is 5.91 Å². The zero-order valence-electron chi connectivity index (χ0n) is 23.9. The van der Waals surface area contributed by atoms with Crippen LogP contribution in [0.1, 0.15) is 54.9 Å². The molecule has 2 aliphatic rings. The van der Waals surface area contributed by atoms with Crippen LogP contribution in [-0.2, 0) is 25.5 Å². The summed E-state index contributed by atoms with van der Waals surface area (Å²) in [5.74, 6) is -0.510. The number of methoxy groups -OCH3 is 1. The van der Waals surface area contributed by atoms with E-state index in [9.17, 15) is 19.2 Å². The molecule has 2 heterocycles. The molecule has 1 saturated carbocycles. The summed E-state index contributed by atoms with van der Waals surface area (Å²) in [4.78, 5) is 60.0. The summed E-state index contributed by atoms with van der Waals surface area (Å²) >= 11 is 0. The van der Waals surface area contributed by atoms with Crippen molar-refractivity contribution in [3.8, 4) is 5.75 Å². The molecule has 4 N–H and O–H groups in total. The number of ketones is 1. The number of hydrogen-bond acceptors (Lipinski definition) is 7. The summed E-state index contributed by atoms with van der Waals surface area (Å²) in [7, 11) is 1.57. The van der Waals surface area contributed by atoms with Crippen LogP contribution in [-0.4, -0.2) is 71.4 Å². The molecular weight excluding hydrogens is 538 g/mol. The molecule has 1 aliphatic carbocycles. The summed E-state index contributed by atoms with van der Waals surface area (Å²) in [6.07, 6.45) is 6.10. The quantitative estimate of drug-likeness (QED) is 0.228. The monoisotopic (exact) mass is 575 g/mol. The average molecular weight is 576 g/mol. The summed E-state index contributed by atoms with van der Waals surface area (Å²) in [5.41, 5.74) is 2.59. The Balaban J connectivity index is 1.28. The lowest BCUT2D eigenvalue weighted by Gasteiger charge is -2.25. The predicted molar refractivity (Wildman–Crippen MR) is 155 cm³/mol. The second-order valence-corrected chi connectivity index (χ2v) is 11.1. The Morgan fingerprint density at radius 1 is 1.00 bits per heavy atom. The highest BCUT2D eigenvalue weighted by Gasteiger charge is 2.39. The van der Waals surface area contributed by atoms with Gasteiger partial charge in [-0.05, 0) is 55.2 Å². The van der Waals surface area contributed by atoms with Crippen LogP contribution in [0.3, 0.4) is 0 Å². The van der Waals surface area contributed by atoms with Gasteiger partial charge in [-0.2, -0.15) is 0 Å². The van der Waals surface area contributed by atoms with Crippen LogP contribution in [0, 0.1) is 5.92 Å². The Kier molecular flexibility index (Phi) is 9.16. The van der Waals surface area contributed by atoms with Crippen molar-refractivity contribution < 1.29 is 28.7 Å². The van der Waals surface area contributed by atoms with E-state index in [0.29, 0.717) is 35.8 Å². The van der Waals surface area contributed by atoms with Crippen molar-refractivity contribution in [3.63, 3.8) is 0 Å². The molecule has 222 valence electrons. The summed E-state index contributed by atoms with van der Waals surface area (Å²) in [6, 6.07) is 9.62. The van der Waals surface area contributed by atoms with Crippen molar-refractivity contribution in [2.24, 2.45) is 5.92 Å². The number of nitrogens with zero attached hydrogens (tertiary/aromatic N) is 1. The third kappa shape index (κ3) is 7.33. The van der Waals surface area contributed by atoms with Crippen molar-refractivity contribution in [1.29, 1.82) is 0 Å². The lowest BCUT2D eigenvalue weighted by molar-refractivity contribution is -0.132. The van der Waals surface area contributed by atoms with Crippen LogP contribution in [0.4, 0.5) is 0 Å². The first kappa shape index (κ1) is 29.2. The lowest BCUT2D eigenvalue weighted by Crippen LogP contribution is -2.56. The zero-order chi connectivity index (χ0) is 29.6. The molecule has 4 atom stereocenters.